The van der Waals surface area contributed by atoms with E-state index in [1.165, 1.54) is 26.4 Å². The maximum absolute atomic E-state index is 11.2. The van der Waals surface area contributed by atoms with Gasteiger partial charge < -0.3 is 9.47 Å². The van der Waals surface area contributed by atoms with Crippen LogP contribution in [-0.4, -0.2) is 25.8 Å². The molecule has 0 aromatic carbocycles. The Hall–Kier alpha value is -0.570. The molecule has 3 atom stereocenters. The van der Waals surface area contributed by atoms with Crippen LogP contribution in [0.4, 0.5) is 0 Å². The van der Waals surface area contributed by atoms with Crippen LogP contribution in [0.2, 0.25) is 0 Å². The second kappa shape index (κ2) is 4.30. The molecule has 0 spiro atoms. The van der Waals surface area contributed by atoms with Crippen molar-refractivity contribution in [2.24, 2.45) is 11.8 Å². The highest BCUT2D eigenvalue weighted by molar-refractivity contribution is 5.69. The van der Waals surface area contributed by atoms with Crippen molar-refractivity contribution in [1.82, 2.24) is 0 Å². The molecule has 0 N–H and O–H groups in total. The van der Waals surface area contributed by atoms with Gasteiger partial charge in [-0.1, -0.05) is 6.42 Å². The van der Waals surface area contributed by atoms with Crippen LogP contribution < -0.4 is 0 Å². The monoisotopic (exact) mass is 198 g/mol. The van der Waals surface area contributed by atoms with Gasteiger partial charge in [-0.15, -0.1) is 0 Å². The van der Waals surface area contributed by atoms with E-state index in [0.717, 1.165) is 13.0 Å². The van der Waals surface area contributed by atoms with E-state index in [4.69, 9.17) is 9.47 Å². The van der Waals surface area contributed by atoms with Crippen molar-refractivity contribution in [1.29, 1.82) is 0 Å². The Labute approximate surface area is 84.8 Å². The predicted octanol–water partition coefficient (Wildman–Crippen LogP) is 1.75. The van der Waals surface area contributed by atoms with E-state index in [0.29, 0.717) is 24.4 Å². The first-order valence-corrected chi connectivity index (χ1v) is 5.49. The van der Waals surface area contributed by atoms with Crippen molar-refractivity contribution in [3.63, 3.8) is 0 Å². The third-order valence-corrected chi connectivity index (χ3v) is 3.59. The van der Waals surface area contributed by atoms with Gasteiger partial charge in [0, 0.05) is 13.0 Å². The van der Waals surface area contributed by atoms with E-state index in [-0.39, 0.29) is 5.97 Å². The summed E-state index contributed by atoms with van der Waals surface area (Å²) in [5, 5.41) is 0. The summed E-state index contributed by atoms with van der Waals surface area (Å²) < 4.78 is 10.4. The molecular formula is C11H18O3. The molecule has 1 aliphatic heterocycles. The molecule has 1 saturated carbocycles. The molecule has 2 aliphatic rings. The van der Waals surface area contributed by atoms with Crippen LogP contribution in [0.25, 0.3) is 0 Å². The molecule has 80 valence electrons. The Morgan fingerprint density at radius 3 is 3.07 bits per heavy atom. The molecule has 1 heterocycles. The summed E-state index contributed by atoms with van der Waals surface area (Å²) in [5.74, 6) is 1.05. The molecule has 0 radical (unpaired) electrons. The van der Waals surface area contributed by atoms with Gasteiger partial charge in [0.1, 0.15) is 0 Å². The molecule has 1 aliphatic carbocycles. The van der Waals surface area contributed by atoms with Gasteiger partial charge in [0.25, 0.3) is 0 Å². The standard InChI is InChI=1S/C11H18O3/c1-13-11(12)7-8-3-2-4-10-9(8)5-6-14-10/h8-10H,2-7H2,1H3/t8-,9-,10-/m0/s1. The van der Waals surface area contributed by atoms with Gasteiger partial charge in [-0.3, -0.25) is 4.79 Å². The topological polar surface area (TPSA) is 35.5 Å². The molecule has 14 heavy (non-hydrogen) atoms. The summed E-state index contributed by atoms with van der Waals surface area (Å²) in [5.41, 5.74) is 0. The first-order valence-electron chi connectivity index (χ1n) is 5.49. The van der Waals surface area contributed by atoms with Crippen molar-refractivity contribution in [2.75, 3.05) is 13.7 Å². The number of hydrogen-bond acceptors (Lipinski definition) is 3. The third kappa shape index (κ3) is 1.92. The number of methoxy groups -OCH3 is 1. The smallest absolute Gasteiger partial charge is 0.305 e. The lowest BCUT2D eigenvalue weighted by Crippen LogP contribution is -2.30. The predicted molar refractivity (Wildman–Crippen MR) is 51.8 cm³/mol. The van der Waals surface area contributed by atoms with Gasteiger partial charge in [0.05, 0.1) is 13.2 Å². The van der Waals surface area contributed by atoms with Crippen LogP contribution in [0.3, 0.4) is 0 Å². The van der Waals surface area contributed by atoms with Crippen molar-refractivity contribution >= 4 is 5.97 Å². The summed E-state index contributed by atoms with van der Waals surface area (Å²) in [6.07, 6.45) is 5.69. The fourth-order valence-electron chi connectivity index (χ4n) is 2.85. The zero-order valence-corrected chi connectivity index (χ0v) is 8.70. The fraction of sp³-hybridized carbons (Fsp3) is 0.909. The zero-order valence-electron chi connectivity index (χ0n) is 8.70. The molecule has 0 unspecified atom stereocenters. The van der Waals surface area contributed by atoms with Crippen LogP contribution in [-0.2, 0) is 14.3 Å². The number of carbonyl (C=O) groups is 1. The number of rotatable bonds is 2. The zero-order chi connectivity index (χ0) is 9.97. The van der Waals surface area contributed by atoms with Gasteiger partial charge in [-0.25, -0.2) is 0 Å². The van der Waals surface area contributed by atoms with E-state index in [1.807, 2.05) is 0 Å². The first-order chi connectivity index (χ1) is 6.81. The molecule has 0 bridgehead atoms. The van der Waals surface area contributed by atoms with Crippen LogP contribution in [0, 0.1) is 11.8 Å². The van der Waals surface area contributed by atoms with Gasteiger partial charge in [-0.05, 0) is 31.1 Å². The largest absolute Gasteiger partial charge is 0.469 e. The van der Waals surface area contributed by atoms with Crippen LogP contribution in [0.15, 0.2) is 0 Å². The van der Waals surface area contributed by atoms with E-state index >= 15 is 0 Å². The minimum atomic E-state index is -0.0671. The molecule has 3 heteroatoms. The Morgan fingerprint density at radius 1 is 1.43 bits per heavy atom. The van der Waals surface area contributed by atoms with Crippen molar-refractivity contribution in [2.45, 2.75) is 38.2 Å². The Balaban J connectivity index is 1.93. The average Bonchev–Trinajstić information content (AvgIpc) is 2.66. The lowest BCUT2D eigenvalue weighted by molar-refractivity contribution is -0.142. The van der Waals surface area contributed by atoms with Crippen molar-refractivity contribution in [3.05, 3.63) is 0 Å². The maximum Gasteiger partial charge on any atom is 0.305 e. The first kappa shape index (κ1) is 9.97. The highest BCUT2D eigenvalue weighted by Gasteiger charge is 2.38. The molecule has 1 saturated heterocycles. The number of carbonyl (C=O) groups excluding carboxylic acids is 1. The number of esters is 1. The second-order valence-corrected chi connectivity index (χ2v) is 4.33. The summed E-state index contributed by atoms with van der Waals surface area (Å²) in [7, 11) is 1.47. The normalized spacial score (nSPS) is 36.5. The number of fused-ring (bicyclic) bond motifs is 1. The molecule has 2 fully saturated rings. The lowest BCUT2D eigenvalue weighted by Gasteiger charge is -2.31. The number of hydrogen-bond donors (Lipinski definition) is 0. The lowest BCUT2D eigenvalue weighted by atomic mass is 9.75. The van der Waals surface area contributed by atoms with Gasteiger partial charge >= 0.3 is 5.97 Å². The number of ether oxygens (including phenoxy) is 2. The Morgan fingerprint density at radius 2 is 2.29 bits per heavy atom. The van der Waals surface area contributed by atoms with Gasteiger partial charge in [0.15, 0.2) is 0 Å². The fourth-order valence-corrected chi connectivity index (χ4v) is 2.85. The average molecular weight is 198 g/mol. The van der Waals surface area contributed by atoms with Gasteiger partial charge in [-0.2, -0.15) is 0 Å². The Kier molecular flexibility index (Phi) is 3.06. The Bertz CT molecular complexity index is 215. The molecule has 0 amide bonds. The highest BCUT2D eigenvalue weighted by atomic mass is 16.5. The quantitative estimate of drug-likeness (QED) is 0.634. The summed E-state index contributed by atoms with van der Waals surface area (Å²) in [6.45, 7) is 0.882. The van der Waals surface area contributed by atoms with E-state index in [9.17, 15) is 4.79 Å². The minimum absolute atomic E-state index is 0.0671. The molecule has 3 nitrogen and oxygen atoms in total. The summed E-state index contributed by atoms with van der Waals surface area (Å²) in [6, 6.07) is 0. The maximum atomic E-state index is 11.2. The SMILES string of the molecule is COC(=O)C[C@@H]1CCC[C@@H]2OCC[C@@H]12. The third-order valence-electron chi connectivity index (χ3n) is 3.59. The van der Waals surface area contributed by atoms with Crippen LogP contribution in [0.5, 0.6) is 0 Å². The van der Waals surface area contributed by atoms with E-state index < -0.39 is 0 Å². The van der Waals surface area contributed by atoms with E-state index in [2.05, 4.69) is 0 Å². The molecule has 2 rings (SSSR count). The van der Waals surface area contributed by atoms with Crippen LogP contribution in [0.1, 0.15) is 32.1 Å². The van der Waals surface area contributed by atoms with Crippen LogP contribution >= 0.6 is 0 Å². The molecule has 0 aromatic rings. The molecule has 0 aromatic heterocycles. The highest BCUT2D eigenvalue weighted by Crippen LogP contribution is 2.40. The minimum Gasteiger partial charge on any atom is -0.469 e. The van der Waals surface area contributed by atoms with Gasteiger partial charge in [0.2, 0.25) is 0 Å². The summed E-state index contributed by atoms with van der Waals surface area (Å²) >= 11 is 0. The molecular weight excluding hydrogens is 180 g/mol. The van der Waals surface area contributed by atoms with E-state index in [1.54, 1.807) is 0 Å². The summed E-state index contributed by atoms with van der Waals surface area (Å²) in [4.78, 5) is 11.2. The van der Waals surface area contributed by atoms with Crippen molar-refractivity contribution in [3.8, 4) is 0 Å². The van der Waals surface area contributed by atoms with Crippen molar-refractivity contribution < 1.29 is 14.3 Å². The second-order valence-electron chi connectivity index (χ2n) is 4.33.